The molecule has 0 saturated heterocycles. The summed E-state index contributed by atoms with van der Waals surface area (Å²) in [5.41, 5.74) is -0.534. The molecule has 0 spiro atoms. The van der Waals surface area contributed by atoms with E-state index in [2.05, 4.69) is 0 Å². The van der Waals surface area contributed by atoms with Gasteiger partial charge in [0.2, 0.25) is 0 Å². The van der Waals surface area contributed by atoms with Crippen molar-refractivity contribution < 1.29 is 22.0 Å². The number of carbonyl (C=O) groups is 1. The largest absolute Gasteiger partial charge is 0.341 e. The van der Waals surface area contributed by atoms with E-state index in [-0.39, 0.29) is 5.92 Å². The fraction of sp³-hybridized carbons (Fsp3) is 0.417. The summed E-state index contributed by atoms with van der Waals surface area (Å²) < 4.78 is 49.3. The van der Waals surface area contributed by atoms with Gasteiger partial charge in [-0.25, -0.2) is 17.2 Å². The number of nitrogens with zero attached hydrogens (tertiary/aromatic N) is 1. The molecular weight excluding hydrogens is 312 g/mol. The predicted molar refractivity (Wildman–Crippen MR) is 71.2 cm³/mol. The van der Waals surface area contributed by atoms with Crippen LogP contribution >= 0.6 is 10.7 Å². The maximum atomic E-state index is 13.6. The predicted octanol–water partition coefficient (Wildman–Crippen LogP) is 2.62. The second-order valence-electron chi connectivity index (χ2n) is 4.78. The second kappa shape index (κ2) is 6.05. The lowest BCUT2D eigenvalue weighted by atomic mass is 10.1. The summed E-state index contributed by atoms with van der Waals surface area (Å²) in [4.78, 5) is 12.3. The summed E-state index contributed by atoms with van der Waals surface area (Å²) in [5, 5.41) is 0. The summed E-state index contributed by atoms with van der Waals surface area (Å²) in [6.45, 7) is 4.07. The van der Waals surface area contributed by atoms with E-state index in [9.17, 15) is 22.0 Å². The smallest absolute Gasteiger partial charge is 0.264 e. The van der Waals surface area contributed by atoms with Crippen molar-refractivity contribution >= 4 is 25.6 Å². The molecule has 0 fully saturated rings. The van der Waals surface area contributed by atoms with Gasteiger partial charge in [-0.3, -0.25) is 4.79 Å². The Morgan fingerprint density at radius 1 is 1.30 bits per heavy atom. The molecule has 0 unspecified atom stereocenters. The highest BCUT2D eigenvalue weighted by molar-refractivity contribution is 8.13. The van der Waals surface area contributed by atoms with Gasteiger partial charge >= 0.3 is 0 Å². The van der Waals surface area contributed by atoms with Gasteiger partial charge in [-0.05, 0) is 12.0 Å². The van der Waals surface area contributed by atoms with Crippen molar-refractivity contribution in [2.24, 2.45) is 5.92 Å². The van der Waals surface area contributed by atoms with E-state index in [0.717, 1.165) is 0 Å². The van der Waals surface area contributed by atoms with Crippen LogP contribution < -0.4 is 0 Å². The summed E-state index contributed by atoms with van der Waals surface area (Å²) in [7, 11) is 2.09. The number of benzene rings is 1. The quantitative estimate of drug-likeness (QED) is 0.800. The van der Waals surface area contributed by atoms with Crippen molar-refractivity contribution in [3.63, 3.8) is 0 Å². The van der Waals surface area contributed by atoms with Crippen molar-refractivity contribution in [2.45, 2.75) is 18.7 Å². The fourth-order valence-electron chi connectivity index (χ4n) is 1.72. The zero-order valence-electron chi connectivity index (χ0n) is 11.2. The minimum Gasteiger partial charge on any atom is -0.341 e. The topological polar surface area (TPSA) is 54.5 Å². The van der Waals surface area contributed by atoms with Crippen LogP contribution in [0.4, 0.5) is 8.78 Å². The first kappa shape index (κ1) is 16.8. The number of amides is 1. The molecule has 0 atom stereocenters. The normalized spacial score (nSPS) is 11.8. The molecule has 0 radical (unpaired) electrons. The van der Waals surface area contributed by atoms with E-state index in [1.807, 2.05) is 13.8 Å². The molecule has 4 nitrogen and oxygen atoms in total. The van der Waals surface area contributed by atoms with Gasteiger partial charge in [-0.1, -0.05) is 13.8 Å². The molecule has 20 heavy (non-hydrogen) atoms. The highest BCUT2D eigenvalue weighted by Gasteiger charge is 2.24. The molecular formula is C12H14ClF2NO3S. The summed E-state index contributed by atoms with van der Waals surface area (Å²) in [5.74, 6) is -3.06. The zero-order chi connectivity index (χ0) is 15.7. The highest BCUT2D eigenvalue weighted by Crippen LogP contribution is 2.23. The molecule has 1 aromatic carbocycles. The lowest BCUT2D eigenvalue weighted by Gasteiger charge is -2.20. The van der Waals surface area contributed by atoms with Gasteiger partial charge in [0.05, 0.1) is 5.56 Å². The van der Waals surface area contributed by atoms with E-state index in [4.69, 9.17) is 10.7 Å². The van der Waals surface area contributed by atoms with Gasteiger partial charge in [0, 0.05) is 30.3 Å². The average Bonchev–Trinajstić information content (AvgIpc) is 2.25. The van der Waals surface area contributed by atoms with Crippen molar-refractivity contribution in [1.29, 1.82) is 0 Å². The minimum absolute atomic E-state index is 0.142. The number of carbonyl (C=O) groups excluding carboxylic acids is 1. The van der Waals surface area contributed by atoms with Gasteiger partial charge < -0.3 is 4.90 Å². The Hall–Kier alpha value is -1.21. The zero-order valence-corrected chi connectivity index (χ0v) is 12.7. The fourth-order valence-corrected chi connectivity index (χ4v) is 2.62. The molecule has 1 aromatic rings. The van der Waals surface area contributed by atoms with Crippen molar-refractivity contribution in [2.75, 3.05) is 13.6 Å². The SMILES string of the molecule is CC(C)CN(C)C(=O)c1cc(S(=O)(=O)Cl)c(F)cc1F. The van der Waals surface area contributed by atoms with E-state index in [1.54, 1.807) is 0 Å². The Kier molecular flexibility index (Phi) is 5.10. The van der Waals surface area contributed by atoms with Gasteiger partial charge in [0.1, 0.15) is 16.5 Å². The highest BCUT2D eigenvalue weighted by atomic mass is 35.7. The molecule has 1 rings (SSSR count). The molecule has 0 bridgehead atoms. The molecule has 0 aliphatic heterocycles. The van der Waals surface area contributed by atoms with Crippen LogP contribution in [0.15, 0.2) is 17.0 Å². The Labute approximate surface area is 120 Å². The Bertz CT molecular complexity index is 632. The lowest BCUT2D eigenvalue weighted by molar-refractivity contribution is 0.0774. The van der Waals surface area contributed by atoms with Crippen LogP contribution in [0.5, 0.6) is 0 Å². The second-order valence-corrected chi connectivity index (χ2v) is 7.31. The first-order valence-electron chi connectivity index (χ1n) is 5.73. The molecule has 1 amide bonds. The number of halogens is 3. The van der Waals surface area contributed by atoms with Crippen LogP contribution in [0.3, 0.4) is 0 Å². The molecule has 8 heteroatoms. The number of hydrogen-bond donors (Lipinski definition) is 0. The summed E-state index contributed by atoms with van der Waals surface area (Å²) in [6.07, 6.45) is 0. The lowest BCUT2D eigenvalue weighted by Crippen LogP contribution is -2.31. The van der Waals surface area contributed by atoms with Crippen molar-refractivity contribution in [3.05, 3.63) is 29.3 Å². The van der Waals surface area contributed by atoms with Crippen LogP contribution in [-0.2, 0) is 9.05 Å². The van der Waals surface area contributed by atoms with Crippen molar-refractivity contribution in [3.8, 4) is 0 Å². The third kappa shape index (κ3) is 3.89. The molecule has 0 saturated carbocycles. The minimum atomic E-state index is -4.40. The van der Waals surface area contributed by atoms with Crippen molar-refractivity contribution in [1.82, 2.24) is 4.90 Å². The van der Waals surface area contributed by atoms with Crippen LogP contribution in [0.25, 0.3) is 0 Å². The molecule has 0 N–H and O–H groups in total. The van der Waals surface area contributed by atoms with E-state index in [0.29, 0.717) is 18.7 Å². The molecule has 0 heterocycles. The van der Waals surface area contributed by atoms with E-state index >= 15 is 0 Å². The van der Waals surface area contributed by atoms with Gasteiger partial charge in [0.15, 0.2) is 0 Å². The summed E-state index contributed by atoms with van der Waals surface area (Å²) >= 11 is 0. The van der Waals surface area contributed by atoms with Gasteiger partial charge in [-0.15, -0.1) is 0 Å². The molecule has 0 aliphatic carbocycles. The third-order valence-corrected chi connectivity index (χ3v) is 3.84. The maximum absolute atomic E-state index is 13.6. The monoisotopic (exact) mass is 325 g/mol. The van der Waals surface area contributed by atoms with Gasteiger partial charge in [-0.2, -0.15) is 0 Å². The van der Waals surface area contributed by atoms with Crippen LogP contribution in [-0.4, -0.2) is 32.8 Å². The standard InChI is InChI=1S/C12H14ClF2NO3S/c1-7(2)6-16(3)12(17)8-4-11(20(13,18)19)10(15)5-9(8)14/h4-5,7H,6H2,1-3H3. The van der Waals surface area contributed by atoms with E-state index in [1.165, 1.54) is 11.9 Å². The Balaban J connectivity index is 3.29. The average molecular weight is 326 g/mol. The van der Waals surface area contributed by atoms with Crippen LogP contribution in [0.1, 0.15) is 24.2 Å². The molecule has 0 aromatic heterocycles. The molecule has 0 aliphatic rings. The third-order valence-electron chi connectivity index (χ3n) is 2.50. The first-order chi connectivity index (χ1) is 9.04. The van der Waals surface area contributed by atoms with Gasteiger partial charge in [0.25, 0.3) is 15.0 Å². The van der Waals surface area contributed by atoms with E-state index < -0.39 is 37.1 Å². The Morgan fingerprint density at radius 3 is 2.30 bits per heavy atom. The number of rotatable bonds is 4. The first-order valence-corrected chi connectivity index (χ1v) is 8.04. The number of hydrogen-bond acceptors (Lipinski definition) is 3. The van der Waals surface area contributed by atoms with Crippen LogP contribution in [0.2, 0.25) is 0 Å². The van der Waals surface area contributed by atoms with Crippen LogP contribution in [0, 0.1) is 17.6 Å². The molecule has 112 valence electrons. The summed E-state index contributed by atoms with van der Waals surface area (Å²) in [6, 6.07) is 0.956. The Morgan fingerprint density at radius 2 is 1.85 bits per heavy atom. The maximum Gasteiger partial charge on any atom is 0.264 e.